The zero-order chi connectivity index (χ0) is 36.1. The highest BCUT2D eigenvalue weighted by atomic mass is 16.5. The third kappa shape index (κ3) is 18.6. The summed E-state index contributed by atoms with van der Waals surface area (Å²) in [5, 5.41) is 12.0. The number of carbonyl (C=O) groups excluding carboxylic acids is 2. The molecule has 0 saturated heterocycles. The minimum absolute atomic E-state index is 0.0316. The third-order valence-electron chi connectivity index (χ3n) is 8.19. The Hall–Kier alpha value is -2.20. The SMILES string of the molecule is COC1Cc2nnn(CC(C)(C)COCC(C)(C)CN(C)C)c2CCN(C(=O)CCCC(=O)NCCCOCCOCCOCCCN)C1. The van der Waals surface area contributed by atoms with Crippen molar-refractivity contribution in [1.29, 1.82) is 0 Å². The van der Waals surface area contributed by atoms with E-state index in [1.165, 1.54) is 0 Å². The van der Waals surface area contributed by atoms with Crippen molar-refractivity contribution < 1.29 is 33.3 Å². The Kier molecular flexibility index (Phi) is 20.4. The van der Waals surface area contributed by atoms with E-state index in [0.29, 0.717) is 124 Å². The van der Waals surface area contributed by atoms with Crippen LogP contribution in [-0.2, 0) is 52.7 Å². The van der Waals surface area contributed by atoms with Gasteiger partial charge in [0.05, 0.1) is 63.7 Å². The molecule has 0 radical (unpaired) electrons. The highest BCUT2D eigenvalue weighted by Gasteiger charge is 2.29. The van der Waals surface area contributed by atoms with Gasteiger partial charge in [-0.1, -0.05) is 32.9 Å². The molecule has 1 aromatic rings. The van der Waals surface area contributed by atoms with Crippen LogP contribution >= 0.6 is 0 Å². The molecule has 1 aliphatic heterocycles. The normalized spacial score (nSPS) is 15.7. The van der Waals surface area contributed by atoms with Crippen LogP contribution in [0.15, 0.2) is 0 Å². The van der Waals surface area contributed by atoms with Gasteiger partial charge in [-0.3, -0.25) is 9.59 Å². The van der Waals surface area contributed by atoms with Crippen LogP contribution in [0.3, 0.4) is 0 Å². The lowest BCUT2D eigenvalue weighted by atomic mass is 9.92. The molecular formula is C35H67N7O7. The lowest BCUT2D eigenvalue weighted by molar-refractivity contribution is -0.133. The number of fused-ring (bicyclic) bond motifs is 1. The number of nitrogens with zero attached hydrogens (tertiary/aromatic N) is 5. The Balaban J connectivity index is 1.71. The molecule has 1 aromatic heterocycles. The molecule has 2 amide bonds. The van der Waals surface area contributed by atoms with Crippen LogP contribution in [0.1, 0.15) is 71.2 Å². The average Bonchev–Trinajstić information content (AvgIpc) is 3.36. The van der Waals surface area contributed by atoms with E-state index in [4.69, 9.17) is 29.4 Å². The van der Waals surface area contributed by atoms with Gasteiger partial charge in [0, 0.05) is 83.0 Å². The molecule has 284 valence electrons. The molecule has 0 bridgehead atoms. The zero-order valence-electron chi connectivity index (χ0n) is 31.6. The molecular weight excluding hydrogens is 630 g/mol. The highest BCUT2D eigenvalue weighted by Crippen LogP contribution is 2.24. The van der Waals surface area contributed by atoms with Gasteiger partial charge in [-0.2, -0.15) is 0 Å². The number of nitrogens with two attached hydrogens (primary N) is 1. The summed E-state index contributed by atoms with van der Waals surface area (Å²) in [5.41, 5.74) is 7.30. The zero-order valence-corrected chi connectivity index (χ0v) is 31.6. The van der Waals surface area contributed by atoms with E-state index in [1.807, 2.05) is 9.58 Å². The van der Waals surface area contributed by atoms with Crippen LogP contribution in [0, 0.1) is 10.8 Å². The fourth-order valence-electron chi connectivity index (χ4n) is 5.90. The number of aromatic nitrogens is 3. The molecule has 14 heteroatoms. The molecule has 0 saturated carbocycles. The van der Waals surface area contributed by atoms with Gasteiger partial charge in [-0.15, -0.1) is 5.10 Å². The monoisotopic (exact) mass is 698 g/mol. The van der Waals surface area contributed by atoms with E-state index in [9.17, 15) is 9.59 Å². The summed E-state index contributed by atoms with van der Waals surface area (Å²) in [7, 11) is 5.83. The van der Waals surface area contributed by atoms with Gasteiger partial charge in [0.25, 0.3) is 0 Å². The Morgan fingerprint density at radius 2 is 1.57 bits per heavy atom. The van der Waals surface area contributed by atoms with E-state index >= 15 is 0 Å². The van der Waals surface area contributed by atoms with Crippen LogP contribution < -0.4 is 11.1 Å². The van der Waals surface area contributed by atoms with Gasteiger partial charge < -0.3 is 44.5 Å². The standard InChI is InChI=1S/C35H67N7O7/c1-34(2,25-40(5)6)27-49-28-35(3,4)26-42-31-13-16-41(24-29(45-7)23-30(31)38-39-42)33(44)12-8-11-32(43)37-15-10-18-47-20-22-48-21-19-46-17-9-14-36/h29H,8-28,36H2,1-7H3,(H,37,43). The van der Waals surface area contributed by atoms with Crippen molar-refractivity contribution in [3.05, 3.63) is 11.4 Å². The smallest absolute Gasteiger partial charge is 0.222 e. The van der Waals surface area contributed by atoms with Crippen LogP contribution in [0.5, 0.6) is 0 Å². The van der Waals surface area contributed by atoms with Gasteiger partial charge in [0.2, 0.25) is 11.8 Å². The van der Waals surface area contributed by atoms with Crippen LogP contribution in [0.25, 0.3) is 0 Å². The second kappa shape index (κ2) is 23.3. The molecule has 1 atom stereocenters. The van der Waals surface area contributed by atoms with Gasteiger partial charge in [-0.05, 0) is 39.9 Å². The van der Waals surface area contributed by atoms with Gasteiger partial charge in [-0.25, -0.2) is 4.68 Å². The van der Waals surface area contributed by atoms with Crippen LogP contribution in [-0.4, -0.2) is 149 Å². The fourth-order valence-corrected chi connectivity index (χ4v) is 5.90. The van der Waals surface area contributed by atoms with Crippen molar-refractivity contribution >= 4 is 11.8 Å². The van der Waals surface area contributed by atoms with Crippen molar-refractivity contribution in [2.24, 2.45) is 16.6 Å². The van der Waals surface area contributed by atoms with E-state index in [-0.39, 0.29) is 28.7 Å². The first kappa shape index (κ1) is 43.0. The highest BCUT2D eigenvalue weighted by molar-refractivity contribution is 5.79. The van der Waals surface area contributed by atoms with Gasteiger partial charge in [0.15, 0.2) is 0 Å². The van der Waals surface area contributed by atoms with E-state index in [2.05, 4.69) is 62.3 Å². The van der Waals surface area contributed by atoms with Crippen molar-refractivity contribution in [3.63, 3.8) is 0 Å². The maximum Gasteiger partial charge on any atom is 0.222 e. The van der Waals surface area contributed by atoms with E-state index in [0.717, 1.165) is 24.4 Å². The second-order valence-corrected chi connectivity index (χ2v) is 14.9. The van der Waals surface area contributed by atoms with Crippen molar-refractivity contribution in [1.82, 2.24) is 30.1 Å². The Labute approximate surface area is 295 Å². The average molecular weight is 698 g/mol. The minimum Gasteiger partial charge on any atom is -0.380 e. The van der Waals surface area contributed by atoms with Crippen molar-refractivity contribution in [2.75, 3.05) is 107 Å². The molecule has 49 heavy (non-hydrogen) atoms. The molecule has 2 rings (SSSR count). The van der Waals surface area contributed by atoms with Crippen LogP contribution in [0.4, 0.5) is 0 Å². The number of nitrogens with one attached hydrogen (secondary N) is 1. The summed E-state index contributed by atoms with van der Waals surface area (Å²) in [5.74, 6) is -0.0233. The van der Waals surface area contributed by atoms with Crippen LogP contribution in [0.2, 0.25) is 0 Å². The maximum absolute atomic E-state index is 13.3. The maximum atomic E-state index is 13.3. The summed E-state index contributed by atoms with van der Waals surface area (Å²) in [4.78, 5) is 29.7. The molecule has 3 N–H and O–H groups in total. The first-order chi connectivity index (χ1) is 23.4. The fraction of sp³-hybridized carbons (Fsp3) is 0.886. The summed E-state index contributed by atoms with van der Waals surface area (Å²) >= 11 is 0. The molecule has 0 aromatic carbocycles. The summed E-state index contributed by atoms with van der Waals surface area (Å²) in [6.45, 7) is 17.2. The summed E-state index contributed by atoms with van der Waals surface area (Å²) in [6, 6.07) is 0. The lowest BCUT2D eigenvalue weighted by Crippen LogP contribution is -2.42. The van der Waals surface area contributed by atoms with Crippen molar-refractivity contribution in [2.45, 2.75) is 85.3 Å². The first-order valence-electron chi connectivity index (χ1n) is 18.0. The van der Waals surface area contributed by atoms with Crippen molar-refractivity contribution in [3.8, 4) is 0 Å². The molecule has 2 heterocycles. The number of methoxy groups -OCH3 is 1. The number of hydrogen-bond acceptors (Lipinski definition) is 11. The number of carbonyl (C=O) groups is 2. The lowest BCUT2D eigenvalue weighted by Gasteiger charge is -2.31. The minimum atomic E-state index is -0.180. The summed E-state index contributed by atoms with van der Waals surface area (Å²) in [6.07, 6.45) is 3.75. The quantitative estimate of drug-likeness (QED) is 0.137. The Morgan fingerprint density at radius 1 is 0.918 bits per heavy atom. The Morgan fingerprint density at radius 3 is 2.22 bits per heavy atom. The molecule has 1 aliphatic rings. The van der Waals surface area contributed by atoms with Gasteiger partial charge >= 0.3 is 0 Å². The topological polar surface area (TPSA) is 156 Å². The number of hydrogen-bond donors (Lipinski definition) is 2. The predicted molar refractivity (Wildman–Crippen MR) is 189 cm³/mol. The number of amides is 2. The molecule has 0 fully saturated rings. The van der Waals surface area contributed by atoms with Gasteiger partial charge in [0.1, 0.15) is 0 Å². The van der Waals surface area contributed by atoms with E-state index < -0.39 is 0 Å². The number of rotatable bonds is 26. The molecule has 14 nitrogen and oxygen atoms in total. The third-order valence-corrected chi connectivity index (χ3v) is 8.19. The first-order valence-corrected chi connectivity index (χ1v) is 18.0. The van der Waals surface area contributed by atoms with E-state index in [1.54, 1.807) is 7.11 Å². The number of ether oxygens (including phenoxy) is 5. The summed E-state index contributed by atoms with van der Waals surface area (Å²) < 4.78 is 30.3. The molecule has 0 spiro atoms. The molecule has 1 unspecified atom stereocenters. The Bertz CT molecular complexity index is 1070. The largest absolute Gasteiger partial charge is 0.380 e. The predicted octanol–water partition coefficient (Wildman–Crippen LogP) is 1.93. The second-order valence-electron chi connectivity index (χ2n) is 14.9. The molecule has 0 aliphatic carbocycles.